The average molecular weight is 351 g/mol. The Hall–Kier alpha value is -2.33. The first-order valence-corrected chi connectivity index (χ1v) is 9.46. The minimum absolute atomic E-state index is 0.124. The fraction of sp³-hybridized carbons (Fsp3) is 0.409. The number of nitrogens with one attached hydrogen (secondary N) is 2. The summed E-state index contributed by atoms with van der Waals surface area (Å²) in [7, 11) is 1.98. The van der Waals surface area contributed by atoms with Crippen molar-refractivity contribution in [2.45, 2.75) is 26.7 Å². The predicted octanol–water partition coefficient (Wildman–Crippen LogP) is 4.12. The number of aryl methyl sites for hydroxylation is 1. The van der Waals surface area contributed by atoms with Crippen LogP contribution >= 0.6 is 0 Å². The lowest BCUT2D eigenvalue weighted by molar-refractivity contribution is 0.0675. The zero-order chi connectivity index (χ0) is 18.5. The van der Waals surface area contributed by atoms with Gasteiger partial charge in [-0.3, -0.25) is 4.79 Å². The molecule has 3 rings (SSSR count). The van der Waals surface area contributed by atoms with Gasteiger partial charge in [0.15, 0.2) is 0 Å². The van der Waals surface area contributed by atoms with E-state index in [9.17, 15) is 4.79 Å². The van der Waals surface area contributed by atoms with Crippen molar-refractivity contribution >= 4 is 17.3 Å². The molecule has 0 bridgehead atoms. The number of carbonyl (C=O) groups excluding carboxylic acids is 1. The summed E-state index contributed by atoms with van der Waals surface area (Å²) in [5, 5.41) is 6.72. The monoisotopic (exact) mass is 351 g/mol. The minimum atomic E-state index is 0.124. The molecule has 0 spiro atoms. The van der Waals surface area contributed by atoms with E-state index in [1.54, 1.807) is 0 Å². The molecule has 0 saturated carbocycles. The number of hydrogen-bond acceptors (Lipinski definition) is 3. The highest BCUT2D eigenvalue weighted by molar-refractivity contribution is 6.00. The number of amides is 1. The number of carbonyl (C=O) groups is 1. The van der Waals surface area contributed by atoms with Crippen LogP contribution in [-0.4, -0.2) is 37.5 Å². The summed E-state index contributed by atoms with van der Waals surface area (Å²) >= 11 is 0. The predicted molar refractivity (Wildman–Crippen MR) is 108 cm³/mol. The van der Waals surface area contributed by atoms with E-state index in [-0.39, 0.29) is 5.91 Å². The van der Waals surface area contributed by atoms with Crippen LogP contribution in [0, 0.1) is 19.8 Å². The second-order valence-electron chi connectivity index (χ2n) is 7.24. The summed E-state index contributed by atoms with van der Waals surface area (Å²) in [6.07, 6.45) is 2.26. The Morgan fingerprint density at radius 3 is 2.69 bits per heavy atom. The SMILES string of the molecule is CNCC1CCCN(C(=O)c2ccccc2Nc2cccc(C)c2C)C1. The first-order valence-electron chi connectivity index (χ1n) is 9.46. The molecule has 1 fully saturated rings. The second kappa shape index (κ2) is 8.37. The van der Waals surface area contributed by atoms with E-state index >= 15 is 0 Å². The maximum Gasteiger partial charge on any atom is 0.255 e. The van der Waals surface area contributed by atoms with Gasteiger partial charge in [0.25, 0.3) is 5.91 Å². The lowest BCUT2D eigenvalue weighted by Crippen LogP contribution is -2.42. The lowest BCUT2D eigenvalue weighted by Gasteiger charge is -2.33. The van der Waals surface area contributed by atoms with Gasteiger partial charge in [0.05, 0.1) is 11.3 Å². The molecule has 0 radical (unpaired) electrons. The summed E-state index contributed by atoms with van der Waals surface area (Å²) in [6, 6.07) is 14.0. The molecule has 1 atom stereocenters. The number of piperidine rings is 1. The Bertz CT molecular complexity index is 770. The van der Waals surface area contributed by atoms with E-state index in [1.807, 2.05) is 42.3 Å². The first-order chi connectivity index (χ1) is 12.6. The van der Waals surface area contributed by atoms with E-state index in [0.717, 1.165) is 43.0 Å². The van der Waals surface area contributed by atoms with E-state index in [2.05, 4.69) is 36.6 Å². The highest BCUT2D eigenvalue weighted by Crippen LogP contribution is 2.27. The van der Waals surface area contributed by atoms with Gasteiger partial charge in [-0.1, -0.05) is 24.3 Å². The second-order valence-corrected chi connectivity index (χ2v) is 7.24. The summed E-state index contributed by atoms with van der Waals surface area (Å²) < 4.78 is 0. The number of anilines is 2. The van der Waals surface area contributed by atoms with E-state index in [4.69, 9.17) is 0 Å². The van der Waals surface area contributed by atoms with Crippen LogP contribution in [0.15, 0.2) is 42.5 Å². The molecule has 2 aromatic rings. The first kappa shape index (κ1) is 18.5. The molecule has 1 aliphatic heterocycles. The maximum absolute atomic E-state index is 13.2. The van der Waals surface area contributed by atoms with Crippen molar-refractivity contribution in [1.82, 2.24) is 10.2 Å². The van der Waals surface area contributed by atoms with Gasteiger partial charge in [0.1, 0.15) is 0 Å². The van der Waals surface area contributed by atoms with E-state index < -0.39 is 0 Å². The van der Waals surface area contributed by atoms with Crippen LogP contribution in [0.25, 0.3) is 0 Å². The topological polar surface area (TPSA) is 44.4 Å². The zero-order valence-electron chi connectivity index (χ0n) is 16.0. The van der Waals surface area contributed by atoms with Crippen LogP contribution in [0.3, 0.4) is 0 Å². The highest BCUT2D eigenvalue weighted by Gasteiger charge is 2.25. The number of hydrogen-bond donors (Lipinski definition) is 2. The normalized spacial score (nSPS) is 17.2. The number of likely N-dealkylation sites (tertiary alicyclic amines) is 1. The molecule has 1 saturated heterocycles. The van der Waals surface area contributed by atoms with Crippen molar-refractivity contribution in [3.05, 3.63) is 59.2 Å². The van der Waals surface area contributed by atoms with Crippen molar-refractivity contribution < 1.29 is 4.79 Å². The van der Waals surface area contributed by atoms with Crippen molar-refractivity contribution in [2.24, 2.45) is 5.92 Å². The zero-order valence-corrected chi connectivity index (χ0v) is 16.0. The number of rotatable bonds is 5. The van der Waals surface area contributed by atoms with Crippen LogP contribution in [0.1, 0.15) is 34.3 Å². The third-order valence-corrected chi connectivity index (χ3v) is 5.33. The Labute approximate surface area is 156 Å². The van der Waals surface area contributed by atoms with E-state index in [0.29, 0.717) is 5.92 Å². The molecule has 4 nitrogen and oxygen atoms in total. The van der Waals surface area contributed by atoms with Gasteiger partial charge in [-0.05, 0) is 75.5 Å². The lowest BCUT2D eigenvalue weighted by atomic mass is 9.97. The van der Waals surface area contributed by atoms with Gasteiger partial charge in [-0.15, -0.1) is 0 Å². The molecule has 1 heterocycles. The standard InChI is InChI=1S/C22H29N3O/c1-16-8-6-12-20(17(16)2)24-21-11-5-4-10-19(21)22(26)25-13-7-9-18(15-25)14-23-3/h4-6,8,10-12,18,23-24H,7,9,13-15H2,1-3H3. The summed E-state index contributed by atoms with van der Waals surface area (Å²) in [5.41, 5.74) is 5.13. The van der Waals surface area contributed by atoms with Crippen molar-refractivity contribution in [3.8, 4) is 0 Å². The van der Waals surface area contributed by atoms with Crippen molar-refractivity contribution in [3.63, 3.8) is 0 Å². The van der Waals surface area contributed by atoms with Crippen LogP contribution in [0.4, 0.5) is 11.4 Å². The third kappa shape index (κ3) is 4.07. The summed E-state index contributed by atoms with van der Waals surface area (Å²) in [5.74, 6) is 0.663. The summed E-state index contributed by atoms with van der Waals surface area (Å²) in [6.45, 7) is 6.85. The van der Waals surface area contributed by atoms with Gasteiger partial charge in [-0.25, -0.2) is 0 Å². The maximum atomic E-state index is 13.2. The van der Waals surface area contributed by atoms with Crippen LogP contribution in [0.2, 0.25) is 0 Å². The number of para-hydroxylation sites is 1. The van der Waals surface area contributed by atoms with Crippen molar-refractivity contribution in [1.29, 1.82) is 0 Å². The quantitative estimate of drug-likeness (QED) is 0.852. The minimum Gasteiger partial charge on any atom is -0.355 e. The van der Waals surface area contributed by atoms with Crippen molar-refractivity contribution in [2.75, 3.05) is 32.0 Å². The molecule has 1 unspecified atom stereocenters. The Morgan fingerprint density at radius 2 is 1.88 bits per heavy atom. The van der Waals surface area contributed by atoms with Gasteiger partial charge in [0, 0.05) is 18.8 Å². The molecular weight excluding hydrogens is 322 g/mol. The van der Waals surface area contributed by atoms with Gasteiger partial charge < -0.3 is 15.5 Å². The molecule has 2 aromatic carbocycles. The molecule has 1 amide bonds. The van der Waals surface area contributed by atoms with Gasteiger partial charge in [-0.2, -0.15) is 0 Å². The van der Waals surface area contributed by atoms with Crippen LogP contribution in [-0.2, 0) is 0 Å². The molecule has 1 aliphatic rings. The van der Waals surface area contributed by atoms with Gasteiger partial charge >= 0.3 is 0 Å². The molecular formula is C22H29N3O. The smallest absolute Gasteiger partial charge is 0.255 e. The molecule has 2 N–H and O–H groups in total. The number of nitrogens with zero attached hydrogens (tertiary/aromatic N) is 1. The molecule has 0 aliphatic carbocycles. The molecule has 4 heteroatoms. The van der Waals surface area contributed by atoms with Crippen LogP contribution in [0.5, 0.6) is 0 Å². The van der Waals surface area contributed by atoms with Gasteiger partial charge in [0.2, 0.25) is 0 Å². The largest absolute Gasteiger partial charge is 0.355 e. The van der Waals surface area contributed by atoms with Crippen LogP contribution < -0.4 is 10.6 Å². The molecule has 0 aromatic heterocycles. The van der Waals surface area contributed by atoms with E-state index in [1.165, 1.54) is 17.5 Å². The Balaban J connectivity index is 1.82. The molecule has 138 valence electrons. The molecule has 26 heavy (non-hydrogen) atoms. The number of benzene rings is 2. The Kier molecular flexibility index (Phi) is 5.94. The third-order valence-electron chi connectivity index (χ3n) is 5.33. The fourth-order valence-corrected chi connectivity index (χ4v) is 3.69. The average Bonchev–Trinajstić information content (AvgIpc) is 2.66. The highest BCUT2D eigenvalue weighted by atomic mass is 16.2. The Morgan fingerprint density at radius 1 is 1.12 bits per heavy atom. The summed E-state index contributed by atoms with van der Waals surface area (Å²) in [4.78, 5) is 15.2. The fourth-order valence-electron chi connectivity index (χ4n) is 3.69.